The zero-order valence-corrected chi connectivity index (χ0v) is 33.7. The maximum absolute atomic E-state index is 13.3. The molecular weight excluding hydrogens is 793 g/mol. The molecule has 0 unspecified atom stereocenters. The van der Waals surface area contributed by atoms with Crippen LogP contribution in [0.15, 0.2) is 164 Å². The van der Waals surface area contributed by atoms with Crippen LogP contribution in [0.4, 0.5) is 0 Å². The number of amides is 2. The normalized spacial score (nSPS) is 12.7. The Hall–Kier alpha value is -8.48. The second kappa shape index (κ2) is 15.8. The van der Waals surface area contributed by atoms with Gasteiger partial charge in [0.2, 0.25) is 0 Å². The molecule has 63 heavy (non-hydrogen) atoms. The fraction of sp³-hybridized carbons (Fsp3) is 0.0588. The number of aromatic nitrogens is 5. The summed E-state index contributed by atoms with van der Waals surface area (Å²) in [6.45, 7) is 0.343. The number of ketones is 1. The van der Waals surface area contributed by atoms with Crippen molar-refractivity contribution in [1.29, 1.82) is 0 Å². The lowest BCUT2D eigenvalue weighted by atomic mass is 9.95. The van der Waals surface area contributed by atoms with Gasteiger partial charge in [-0.05, 0) is 42.5 Å². The monoisotopic (exact) mass is 828 g/mol. The first-order chi connectivity index (χ1) is 30.8. The lowest BCUT2D eigenvalue weighted by Gasteiger charge is -2.06. The lowest BCUT2D eigenvalue weighted by molar-refractivity contribution is -0.135. The molecule has 2 amide bonds. The number of methoxy groups -OCH3 is 1. The van der Waals surface area contributed by atoms with E-state index in [1.54, 1.807) is 12.4 Å². The highest BCUT2D eigenvalue weighted by molar-refractivity contribution is 6.51. The first-order valence-electron chi connectivity index (χ1n) is 20.2. The topological polar surface area (TPSA) is 150 Å². The van der Waals surface area contributed by atoms with E-state index in [9.17, 15) is 24.3 Å². The molecule has 6 heterocycles. The van der Waals surface area contributed by atoms with E-state index in [2.05, 4.69) is 26.1 Å². The Bertz CT molecular complexity index is 3540. The molecule has 0 saturated carbocycles. The number of hydrogen-bond donors (Lipinski definition) is 2. The summed E-state index contributed by atoms with van der Waals surface area (Å²) in [4.78, 5) is 59.7. The summed E-state index contributed by atoms with van der Waals surface area (Å²) in [5.74, 6) is -2.39. The number of carbonyl (C=O) groups is 4. The number of aliphatic hydroxyl groups is 1. The molecule has 12 nitrogen and oxygen atoms in total. The van der Waals surface area contributed by atoms with Crippen molar-refractivity contribution in [1.82, 2.24) is 29.0 Å². The number of imide groups is 1. The van der Waals surface area contributed by atoms with Crippen molar-refractivity contribution in [2.45, 2.75) is 6.54 Å². The van der Waals surface area contributed by atoms with Gasteiger partial charge in [-0.15, -0.1) is 0 Å². The summed E-state index contributed by atoms with van der Waals surface area (Å²) in [5.41, 5.74) is 8.42. The number of benzene rings is 5. The maximum atomic E-state index is 13.3. The molecule has 0 bridgehead atoms. The number of pyridine rings is 2. The summed E-state index contributed by atoms with van der Waals surface area (Å²) < 4.78 is 10.4. The number of fused-ring (bicyclic) bond motifs is 5. The van der Waals surface area contributed by atoms with Gasteiger partial charge < -0.3 is 23.5 Å². The Morgan fingerprint density at radius 1 is 0.603 bits per heavy atom. The molecule has 0 fully saturated rings. The summed E-state index contributed by atoms with van der Waals surface area (Å²) >= 11 is 0. The van der Waals surface area contributed by atoms with E-state index < -0.39 is 23.6 Å². The second-order valence-electron chi connectivity index (χ2n) is 15.0. The molecule has 0 atom stereocenters. The predicted octanol–water partition coefficient (Wildman–Crippen LogP) is 8.23. The molecular formula is C51H36N6O6. The van der Waals surface area contributed by atoms with Gasteiger partial charge in [-0.1, -0.05) is 91.0 Å². The van der Waals surface area contributed by atoms with Crippen molar-refractivity contribution < 1.29 is 29.0 Å². The van der Waals surface area contributed by atoms with Crippen LogP contribution in [0.25, 0.3) is 77.0 Å². The fourth-order valence-corrected chi connectivity index (χ4v) is 8.46. The zero-order chi connectivity index (χ0) is 43.2. The van der Waals surface area contributed by atoms with Gasteiger partial charge in [0.05, 0.1) is 76.3 Å². The Labute approximate surface area is 358 Å². The van der Waals surface area contributed by atoms with Crippen molar-refractivity contribution in [2.75, 3.05) is 13.7 Å². The van der Waals surface area contributed by atoms with Crippen molar-refractivity contribution in [3.8, 4) is 11.4 Å². The molecule has 12 heteroatoms. The van der Waals surface area contributed by atoms with Crippen molar-refractivity contribution in [3.63, 3.8) is 0 Å². The highest BCUT2D eigenvalue weighted by atomic mass is 16.5. The van der Waals surface area contributed by atoms with Gasteiger partial charge in [-0.25, -0.2) is 4.79 Å². The van der Waals surface area contributed by atoms with E-state index in [0.717, 1.165) is 60.5 Å². The Morgan fingerprint density at radius 3 is 1.67 bits per heavy atom. The number of ether oxygens (including phenoxy) is 1. The SMILES string of the molecule is COC(=O)C(=O)c1cn(-c2cnc3ccccc3c2)c2ccccc12.O=C1NC(=O)C(c2cn(-c3cnc4ccccc4c3)c3ccccc23)=C1c1cn(CCO)c2ccccc12. The van der Waals surface area contributed by atoms with Crippen LogP contribution >= 0.6 is 0 Å². The summed E-state index contributed by atoms with van der Waals surface area (Å²) in [7, 11) is 1.20. The van der Waals surface area contributed by atoms with Crippen molar-refractivity contribution >= 4 is 89.2 Å². The number of esters is 1. The van der Waals surface area contributed by atoms with Gasteiger partial charge >= 0.3 is 5.97 Å². The minimum atomic E-state index is -0.875. The average molecular weight is 829 g/mol. The van der Waals surface area contributed by atoms with Crippen LogP contribution in [-0.4, -0.2) is 66.1 Å². The Morgan fingerprint density at radius 2 is 1.08 bits per heavy atom. The van der Waals surface area contributed by atoms with Crippen molar-refractivity contribution in [2.24, 2.45) is 0 Å². The molecule has 5 aromatic heterocycles. The van der Waals surface area contributed by atoms with E-state index in [1.165, 1.54) is 7.11 Å². The van der Waals surface area contributed by atoms with Gasteiger partial charge in [-0.3, -0.25) is 29.7 Å². The smallest absolute Gasteiger partial charge is 0.379 e. The van der Waals surface area contributed by atoms with E-state index >= 15 is 0 Å². The van der Waals surface area contributed by atoms with Crippen LogP contribution in [0, 0.1) is 0 Å². The molecule has 0 aliphatic carbocycles. The van der Waals surface area contributed by atoms with Crippen LogP contribution in [-0.2, 0) is 25.7 Å². The van der Waals surface area contributed by atoms with Crippen LogP contribution in [0.2, 0.25) is 0 Å². The summed E-state index contributed by atoms with van der Waals surface area (Å²) in [6.07, 6.45) is 8.99. The van der Waals surface area contributed by atoms with E-state index in [-0.39, 0.29) is 6.61 Å². The number of para-hydroxylation sites is 5. The molecule has 0 spiro atoms. The van der Waals surface area contributed by atoms with E-state index in [1.807, 2.05) is 160 Å². The molecule has 5 aromatic carbocycles. The van der Waals surface area contributed by atoms with Crippen LogP contribution in [0.5, 0.6) is 0 Å². The van der Waals surface area contributed by atoms with Gasteiger partial charge in [0.25, 0.3) is 17.6 Å². The van der Waals surface area contributed by atoms with Crippen LogP contribution < -0.4 is 5.32 Å². The van der Waals surface area contributed by atoms with Gasteiger partial charge in [0.15, 0.2) is 0 Å². The molecule has 0 radical (unpaired) electrons. The molecule has 10 aromatic rings. The number of hydrogen-bond acceptors (Lipinski definition) is 8. The lowest BCUT2D eigenvalue weighted by Crippen LogP contribution is -2.22. The third-order valence-electron chi connectivity index (χ3n) is 11.3. The van der Waals surface area contributed by atoms with Crippen molar-refractivity contribution in [3.05, 3.63) is 181 Å². The third-order valence-corrected chi connectivity index (χ3v) is 11.3. The van der Waals surface area contributed by atoms with E-state index in [0.29, 0.717) is 39.8 Å². The van der Waals surface area contributed by atoms with Gasteiger partial charge in [0, 0.05) is 68.7 Å². The Balaban J connectivity index is 0.000000163. The van der Waals surface area contributed by atoms with Crippen LogP contribution in [0.1, 0.15) is 21.5 Å². The number of carbonyl (C=O) groups excluding carboxylic acids is 4. The predicted molar refractivity (Wildman–Crippen MR) is 242 cm³/mol. The maximum Gasteiger partial charge on any atom is 0.379 e. The number of rotatable bonds is 8. The molecule has 11 rings (SSSR count). The third kappa shape index (κ3) is 6.71. The van der Waals surface area contributed by atoms with Gasteiger partial charge in [-0.2, -0.15) is 0 Å². The minimum Gasteiger partial charge on any atom is -0.463 e. The molecule has 0 saturated heterocycles. The average Bonchev–Trinajstić information content (AvgIpc) is 4.08. The summed E-state index contributed by atoms with van der Waals surface area (Å²) in [5, 5.41) is 16.5. The fourth-order valence-electron chi connectivity index (χ4n) is 8.46. The molecule has 1 aliphatic rings. The van der Waals surface area contributed by atoms with Gasteiger partial charge in [0.1, 0.15) is 0 Å². The highest BCUT2D eigenvalue weighted by Gasteiger charge is 2.35. The number of Topliss-reactive ketones (excluding diaryl/α,β-unsaturated/α-hetero) is 1. The first-order valence-corrected chi connectivity index (χ1v) is 20.2. The quantitative estimate of drug-likeness (QED) is 0.0674. The zero-order valence-electron chi connectivity index (χ0n) is 33.7. The number of nitrogens with zero attached hydrogens (tertiary/aromatic N) is 5. The first kappa shape index (κ1) is 38.7. The second-order valence-corrected chi connectivity index (χ2v) is 15.0. The molecule has 306 valence electrons. The Kier molecular flexibility index (Phi) is 9.74. The van der Waals surface area contributed by atoms with Crippen LogP contribution in [0.3, 0.4) is 0 Å². The standard InChI is InChI=1S/C31H22N4O3.C20H14N2O3/c36-14-13-34-17-23(21-8-2-5-11-26(21)34)28-29(31(38)33-30(28)37)24-18-35(27-12-6-3-9-22(24)27)20-15-19-7-1-4-10-25(19)32-16-20;1-25-20(24)19(23)16-12-22(18-9-5-3-7-15(16)18)14-10-13-6-2-4-8-17(13)21-11-14/h1-12,15-18,36H,13-14H2,(H,33,37,38);2-12H,1H3. The number of aliphatic hydroxyl groups excluding tert-OH is 1. The minimum absolute atomic E-state index is 0.0393. The number of nitrogens with one attached hydrogen (secondary N) is 1. The molecule has 1 aliphatic heterocycles. The molecule has 2 N–H and O–H groups in total. The van der Waals surface area contributed by atoms with E-state index in [4.69, 9.17) is 0 Å². The highest BCUT2D eigenvalue weighted by Crippen LogP contribution is 2.40. The summed E-state index contributed by atoms with van der Waals surface area (Å²) in [6, 6.07) is 42.8. The largest absolute Gasteiger partial charge is 0.463 e.